The molecule has 0 heterocycles. The van der Waals surface area contributed by atoms with Gasteiger partial charge in [0.05, 0.1) is 0 Å². The highest BCUT2D eigenvalue weighted by Gasteiger charge is 2.17. The zero-order chi connectivity index (χ0) is 15.4. The zero-order valence-electron chi connectivity index (χ0n) is 11.2. The number of benzene rings is 2. The van der Waals surface area contributed by atoms with Crippen molar-refractivity contribution in [2.24, 2.45) is 0 Å². The smallest absolute Gasteiger partial charge is 0.246 e. The van der Waals surface area contributed by atoms with Gasteiger partial charge in [-0.25, -0.2) is 8.78 Å². The van der Waals surface area contributed by atoms with Gasteiger partial charge in [-0.3, -0.25) is 4.79 Å². The number of nitrogens with one attached hydrogen (secondary N) is 2. The van der Waals surface area contributed by atoms with E-state index in [1.165, 1.54) is 6.07 Å². The second-order valence-corrected chi connectivity index (χ2v) is 5.71. The number of carbonyl (C=O) groups is 1. The van der Waals surface area contributed by atoms with Gasteiger partial charge in [0, 0.05) is 9.26 Å². The number of anilines is 2. The summed E-state index contributed by atoms with van der Waals surface area (Å²) in [5.74, 6) is -2.12. The molecule has 1 unspecified atom stereocenters. The van der Waals surface area contributed by atoms with Crippen LogP contribution in [0.2, 0.25) is 0 Å². The Morgan fingerprint density at radius 1 is 1.14 bits per heavy atom. The molecule has 110 valence electrons. The van der Waals surface area contributed by atoms with Crippen LogP contribution in [0.1, 0.15) is 6.92 Å². The van der Waals surface area contributed by atoms with Crippen LogP contribution in [-0.4, -0.2) is 11.9 Å². The van der Waals surface area contributed by atoms with Gasteiger partial charge in [-0.1, -0.05) is 12.1 Å². The Labute approximate surface area is 134 Å². The fourth-order valence-corrected chi connectivity index (χ4v) is 2.29. The minimum atomic E-state index is -0.801. The first kappa shape index (κ1) is 15.7. The maximum absolute atomic E-state index is 13.5. The number of carbonyl (C=O) groups excluding carboxylic acids is 1. The first-order valence-electron chi connectivity index (χ1n) is 6.24. The monoisotopic (exact) mass is 402 g/mol. The number of amides is 1. The maximum atomic E-state index is 13.5. The molecule has 0 saturated carbocycles. The van der Waals surface area contributed by atoms with E-state index in [-0.39, 0.29) is 0 Å². The summed E-state index contributed by atoms with van der Waals surface area (Å²) in [6.07, 6.45) is 0. The lowest BCUT2D eigenvalue weighted by molar-refractivity contribution is -0.116. The second kappa shape index (κ2) is 6.84. The van der Waals surface area contributed by atoms with Gasteiger partial charge in [-0.15, -0.1) is 0 Å². The van der Waals surface area contributed by atoms with Gasteiger partial charge in [0.15, 0.2) is 0 Å². The standard InChI is InChI=1S/C15H13F2IN2O/c1-9(19-11-5-2-4-10(18)8-11)15(21)20-14-12(16)6-3-7-13(14)17/h2-9,19H,1H3,(H,20,21). The Morgan fingerprint density at radius 3 is 2.38 bits per heavy atom. The van der Waals surface area contributed by atoms with Crippen LogP contribution in [-0.2, 0) is 4.79 Å². The average molecular weight is 402 g/mol. The molecule has 0 aliphatic rings. The highest BCUT2D eigenvalue weighted by Crippen LogP contribution is 2.19. The van der Waals surface area contributed by atoms with E-state index in [9.17, 15) is 13.6 Å². The van der Waals surface area contributed by atoms with Crippen molar-refractivity contribution in [2.75, 3.05) is 10.6 Å². The molecule has 0 aromatic heterocycles. The molecule has 0 spiro atoms. The third-order valence-electron chi connectivity index (χ3n) is 2.81. The molecule has 2 aromatic rings. The maximum Gasteiger partial charge on any atom is 0.246 e. The molecule has 2 N–H and O–H groups in total. The van der Waals surface area contributed by atoms with E-state index in [0.717, 1.165) is 21.4 Å². The van der Waals surface area contributed by atoms with E-state index in [0.29, 0.717) is 0 Å². The third kappa shape index (κ3) is 4.13. The topological polar surface area (TPSA) is 41.1 Å². The predicted octanol–water partition coefficient (Wildman–Crippen LogP) is 4.01. The predicted molar refractivity (Wildman–Crippen MR) is 87.2 cm³/mol. The van der Waals surface area contributed by atoms with Crippen molar-refractivity contribution >= 4 is 39.9 Å². The first-order chi connectivity index (χ1) is 9.97. The van der Waals surface area contributed by atoms with Gasteiger partial charge in [-0.05, 0) is 59.8 Å². The van der Waals surface area contributed by atoms with Crippen molar-refractivity contribution in [3.63, 3.8) is 0 Å². The van der Waals surface area contributed by atoms with Gasteiger partial charge in [0.25, 0.3) is 0 Å². The highest BCUT2D eigenvalue weighted by molar-refractivity contribution is 14.1. The Balaban J connectivity index is 2.06. The summed E-state index contributed by atoms with van der Waals surface area (Å²) in [7, 11) is 0. The normalized spacial score (nSPS) is 11.8. The summed E-state index contributed by atoms with van der Waals surface area (Å²) in [6.45, 7) is 1.62. The van der Waals surface area contributed by atoms with Crippen molar-refractivity contribution in [1.82, 2.24) is 0 Å². The average Bonchev–Trinajstić information content (AvgIpc) is 2.43. The first-order valence-corrected chi connectivity index (χ1v) is 7.32. The molecule has 2 rings (SSSR count). The Morgan fingerprint density at radius 2 is 1.76 bits per heavy atom. The van der Waals surface area contributed by atoms with Gasteiger partial charge in [-0.2, -0.15) is 0 Å². The van der Waals surface area contributed by atoms with E-state index >= 15 is 0 Å². The number of rotatable bonds is 4. The molecule has 6 heteroatoms. The zero-order valence-corrected chi connectivity index (χ0v) is 13.3. The Hall–Kier alpha value is -1.70. The molecule has 2 aromatic carbocycles. The van der Waals surface area contributed by atoms with E-state index < -0.39 is 29.3 Å². The minimum Gasteiger partial charge on any atom is -0.374 e. The molecule has 1 atom stereocenters. The number of para-hydroxylation sites is 1. The van der Waals surface area contributed by atoms with Gasteiger partial charge in [0.2, 0.25) is 5.91 Å². The lowest BCUT2D eigenvalue weighted by atomic mass is 10.2. The van der Waals surface area contributed by atoms with Crippen molar-refractivity contribution in [3.05, 3.63) is 57.7 Å². The largest absolute Gasteiger partial charge is 0.374 e. The van der Waals surface area contributed by atoms with Gasteiger partial charge in [0.1, 0.15) is 23.4 Å². The fourth-order valence-electron chi connectivity index (χ4n) is 1.74. The van der Waals surface area contributed by atoms with Crippen LogP contribution in [0, 0.1) is 15.2 Å². The summed E-state index contributed by atoms with van der Waals surface area (Å²) in [5.41, 5.74) is 0.331. The lowest BCUT2D eigenvalue weighted by Gasteiger charge is -2.16. The van der Waals surface area contributed by atoms with Crippen molar-refractivity contribution in [3.8, 4) is 0 Å². The fraction of sp³-hybridized carbons (Fsp3) is 0.133. The molecule has 3 nitrogen and oxygen atoms in total. The Bertz CT molecular complexity index is 644. The van der Waals surface area contributed by atoms with Crippen LogP contribution >= 0.6 is 22.6 Å². The van der Waals surface area contributed by atoms with Crippen LogP contribution < -0.4 is 10.6 Å². The van der Waals surface area contributed by atoms with Crippen LogP contribution in [0.5, 0.6) is 0 Å². The molecule has 21 heavy (non-hydrogen) atoms. The quantitative estimate of drug-likeness (QED) is 0.760. The van der Waals surface area contributed by atoms with Crippen LogP contribution in [0.25, 0.3) is 0 Å². The molecule has 0 fully saturated rings. The summed E-state index contributed by atoms with van der Waals surface area (Å²) in [6, 6.07) is 10.3. The molecule has 0 bridgehead atoms. The number of hydrogen-bond donors (Lipinski definition) is 2. The van der Waals surface area contributed by atoms with Crippen molar-refractivity contribution in [2.45, 2.75) is 13.0 Å². The molecule has 1 amide bonds. The number of hydrogen-bond acceptors (Lipinski definition) is 2. The molecular weight excluding hydrogens is 389 g/mol. The van der Waals surface area contributed by atoms with Crippen LogP contribution in [0.15, 0.2) is 42.5 Å². The van der Waals surface area contributed by atoms with E-state index in [1.54, 1.807) is 6.92 Å². The van der Waals surface area contributed by atoms with Crippen molar-refractivity contribution in [1.29, 1.82) is 0 Å². The molecule has 0 aliphatic heterocycles. The molecular formula is C15H13F2IN2O. The summed E-state index contributed by atoms with van der Waals surface area (Å²) in [5, 5.41) is 5.24. The summed E-state index contributed by atoms with van der Waals surface area (Å²) < 4.78 is 28.0. The Kier molecular flexibility index (Phi) is 5.11. The molecule has 0 aliphatic carbocycles. The molecule has 0 radical (unpaired) electrons. The van der Waals surface area contributed by atoms with Gasteiger partial charge >= 0.3 is 0 Å². The molecule has 0 saturated heterocycles. The highest BCUT2D eigenvalue weighted by atomic mass is 127. The second-order valence-electron chi connectivity index (χ2n) is 4.46. The third-order valence-corrected chi connectivity index (χ3v) is 3.48. The van der Waals surface area contributed by atoms with Crippen LogP contribution in [0.4, 0.5) is 20.2 Å². The summed E-state index contributed by atoms with van der Waals surface area (Å²) in [4.78, 5) is 12.0. The van der Waals surface area contributed by atoms with Gasteiger partial charge < -0.3 is 10.6 Å². The van der Waals surface area contributed by atoms with E-state index in [1.807, 2.05) is 24.3 Å². The van der Waals surface area contributed by atoms with Crippen LogP contribution in [0.3, 0.4) is 0 Å². The summed E-state index contributed by atoms with van der Waals surface area (Å²) >= 11 is 2.16. The van der Waals surface area contributed by atoms with Crippen molar-refractivity contribution < 1.29 is 13.6 Å². The number of halogens is 3. The SMILES string of the molecule is CC(Nc1cccc(I)c1)C(=O)Nc1c(F)cccc1F. The van der Waals surface area contributed by atoms with E-state index in [4.69, 9.17) is 0 Å². The van der Waals surface area contributed by atoms with E-state index in [2.05, 4.69) is 33.2 Å². The minimum absolute atomic E-state index is 0.432. The lowest BCUT2D eigenvalue weighted by Crippen LogP contribution is -2.32.